The van der Waals surface area contributed by atoms with Crippen molar-refractivity contribution in [2.75, 3.05) is 18.4 Å². The van der Waals surface area contributed by atoms with Gasteiger partial charge in [-0.05, 0) is 49.2 Å². The van der Waals surface area contributed by atoms with Crippen LogP contribution in [-0.2, 0) is 21.2 Å². The quantitative estimate of drug-likeness (QED) is 0.863. The Hall–Kier alpha value is -1.77. The Morgan fingerprint density at radius 3 is 2.44 bits per heavy atom. The SMILES string of the molecule is O=C(Cc1ccc(S(=O)(=O)N2CCCCC2)s1)Nc1ccc(F)cc1. The van der Waals surface area contributed by atoms with Gasteiger partial charge in [-0.15, -0.1) is 11.3 Å². The highest BCUT2D eigenvalue weighted by atomic mass is 32.2. The number of rotatable bonds is 5. The van der Waals surface area contributed by atoms with Gasteiger partial charge in [-0.25, -0.2) is 12.8 Å². The molecule has 1 aromatic heterocycles. The predicted molar refractivity (Wildman–Crippen MR) is 95.7 cm³/mol. The molecule has 25 heavy (non-hydrogen) atoms. The van der Waals surface area contributed by atoms with Gasteiger partial charge in [0.1, 0.15) is 10.0 Å². The van der Waals surface area contributed by atoms with Gasteiger partial charge in [0.2, 0.25) is 5.91 Å². The zero-order valence-electron chi connectivity index (χ0n) is 13.6. The van der Waals surface area contributed by atoms with Gasteiger partial charge in [0.15, 0.2) is 0 Å². The fourth-order valence-electron chi connectivity index (χ4n) is 2.72. The lowest BCUT2D eigenvalue weighted by atomic mass is 10.2. The highest BCUT2D eigenvalue weighted by Gasteiger charge is 2.27. The van der Waals surface area contributed by atoms with Crippen LogP contribution in [-0.4, -0.2) is 31.7 Å². The molecule has 0 radical (unpaired) electrons. The highest BCUT2D eigenvalue weighted by Crippen LogP contribution is 2.27. The van der Waals surface area contributed by atoms with E-state index in [4.69, 9.17) is 0 Å². The molecule has 0 aliphatic carbocycles. The minimum atomic E-state index is -3.46. The lowest BCUT2D eigenvalue weighted by Gasteiger charge is -2.25. The number of nitrogens with one attached hydrogen (secondary N) is 1. The molecule has 0 spiro atoms. The molecule has 1 saturated heterocycles. The molecule has 3 rings (SSSR count). The van der Waals surface area contributed by atoms with Gasteiger partial charge in [0.05, 0.1) is 6.42 Å². The fraction of sp³-hybridized carbons (Fsp3) is 0.353. The molecule has 5 nitrogen and oxygen atoms in total. The van der Waals surface area contributed by atoms with E-state index in [-0.39, 0.29) is 22.4 Å². The number of sulfonamides is 1. The summed E-state index contributed by atoms with van der Waals surface area (Å²) in [4.78, 5) is 12.7. The van der Waals surface area contributed by atoms with Crippen molar-refractivity contribution in [3.63, 3.8) is 0 Å². The fourth-order valence-corrected chi connectivity index (χ4v) is 5.75. The van der Waals surface area contributed by atoms with Crippen molar-refractivity contribution < 1.29 is 17.6 Å². The topological polar surface area (TPSA) is 66.5 Å². The van der Waals surface area contributed by atoms with Crippen LogP contribution in [0.5, 0.6) is 0 Å². The molecule has 2 aromatic rings. The van der Waals surface area contributed by atoms with Crippen LogP contribution in [0, 0.1) is 5.82 Å². The lowest BCUT2D eigenvalue weighted by Crippen LogP contribution is -2.35. The second kappa shape index (κ2) is 7.63. The van der Waals surface area contributed by atoms with E-state index in [1.54, 1.807) is 12.1 Å². The third-order valence-corrected chi connectivity index (χ3v) is 7.46. The normalized spacial score (nSPS) is 15.9. The van der Waals surface area contributed by atoms with E-state index >= 15 is 0 Å². The molecule has 1 fully saturated rings. The van der Waals surface area contributed by atoms with Crippen molar-refractivity contribution in [2.45, 2.75) is 29.9 Å². The summed E-state index contributed by atoms with van der Waals surface area (Å²) in [6.45, 7) is 1.11. The summed E-state index contributed by atoms with van der Waals surface area (Å²) in [6, 6.07) is 8.73. The number of carbonyl (C=O) groups excluding carboxylic acids is 1. The van der Waals surface area contributed by atoms with Crippen molar-refractivity contribution in [3.8, 4) is 0 Å². The molecule has 1 aliphatic heterocycles. The predicted octanol–water partition coefficient (Wildman–Crippen LogP) is 3.24. The summed E-state index contributed by atoms with van der Waals surface area (Å²) < 4.78 is 39.9. The van der Waals surface area contributed by atoms with Crippen LogP contribution >= 0.6 is 11.3 Å². The van der Waals surface area contributed by atoms with Crippen molar-refractivity contribution in [2.24, 2.45) is 0 Å². The Kier molecular flexibility index (Phi) is 5.51. The average Bonchev–Trinajstić information content (AvgIpc) is 3.07. The van der Waals surface area contributed by atoms with Gasteiger partial charge < -0.3 is 5.32 Å². The summed E-state index contributed by atoms with van der Waals surface area (Å²) >= 11 is 1.12. The molecule has 1 amide bonds. The molecule has 0 bridgehead atoms. The van der Waals surface area contributed by atoms with Gasteiger partial charge in [0.25, 0.3) is 10.0 Å². The van der Waals surface area contributed by atoms with Crippen LogP contribution in [0.15, 0.2) is 40.6 Å². The molecule has 1 aromatic carbocycles. The van der Waals surface area contributed by atoms with Gasteiger partial charge in [0, 0.05) is 23.7 Å². The Morgan fingerprint density at radius 1 is 1.08 bits per heavy atom. The van der Waals surface area contributed by atoms with Crippen molar-refractivity contribution >= 4 is 33.0 Å². The number of halogens is 1. The Labute approximate surface area is 150 Å². The van der Waals surface area contributed by atoms with Crippen LogP contribution in [0.3, 0.4) is 0 Å². The summed E-state index contributed by atoms with van der Waals surface area (Å²) in [5.74, 6) is -0.640. The first-order valence-electron chi connectivity index (χ1n) is 8.09. The number of thiophene rings is 1. The summed E-state index contributed by atoms with van der Waals surface area (Å²) in [7, 11) is -3.46. The number of benzene rings is 1. The van der Waals surface area contributed by atoms with Crippen LogP contribution < -0.4 is 5.32 Å². The van der Waals surface area contributed by atoms with E-state index in [2.05, 4.69) is 5.32 Å². The maximum Gasteiger partial charge on any atom is 0.252 e. The van der Waals surface area contributed by atoms with Gasteiger partial charge >= 0.3 is 0 Å². The molecule has 2 heterocycles. The van der Waals surface area contributed by atoms with E-state index in [0.717, 1.165) is 30.6 Å². The minimum Gasteiger partial charge on any atom is -0.326 e. The third kappa shape index (κ3) is 4.45. The van der Waals surface area contributed by atoms with Crippen molar-refractivity contribution in [1.82, 2.24) is 4.31 Å². The zero-order valence-corrected chi connectivity index (χ0v) is 15.2. The highest BCUT2D eigenvalue weighted by molar-refractivity contribution is 7.91. The molecule has 1 N–H and O–H groups in total. The van der Waals surface area contributed by atoms with E-state index in [1.807, 2.05) is 0 Å². The molecule has 0 saturated carbocycles. The first kappa shape index (κ1) is 18.0. The van der Waals surface area contributed by atoms with Gasteiger partial charge in [-0.1, -0.05) is 6.42 Å². The molecular weight excluding hydrogens is 363 g/mol. The number of piperidine rings is 1. The zero-order chi connectivity index (χ0) is 17.9. The molecule has 134 valence electrons. The second-order valence-electron chi connectivity index (χ2n) is 5.92. The molecule has 1 aliphatic rings. The van der Waals surface area contributed by atoms with Gasteiger partial charge in [-0.3, -0.25) is 4.79 Å². The first-order valence-corrected chi connectivity index (χ1v) is 10.3. The van der Waals surface area contributed by atoms with Crippen LogP contribution in [0.4, 0.5) is 10.1 Å². The monoisotopic (exact) mass is 382 g/mol. The number of nitrogens with zero attached hydrogens (tertiary/aromatic N) is 1. The minimum absolute atomic E-state index is 0.0809. The molecular formula is C17H19FN2O3S2. The van der Waals surface area contributed by atoms with Crippen molar-refractivity contribution in [1.29, 1.82) is 0 Å². The second-order valence-corrected chi connectivity index (χ2v) is 9.25. The smallest absolute Gasteiger partial charge is 0.252 e. The van der Waals surface area contributed by atoms with Gasteiger partial charge in [-0.2, -0.15) is 4.31 Å². The van der Waals surface area contributed by atoms with Crippen molar-refractivity contribution in [3.05, 3.63) is 47.1 Å². The number of hydrogen-bond acceptors (Lipinski definition) is 4. The maximum absolute atomic E-state index is 12.9. The van der Waals surface area contributed by atoms with E-state index in [0.29, 0.717) is 23.7 Å². The van der Waals surface area contributed by atoms with Crippen LogP contribution in [0.2, 0.25) is 0 Å². The largest absolute Gasteiger partial charge is 0.326 e. The summed E-state index contributed by atoms with van der Waals surface area (Å²) in [5.41, 5.74) is 0.504. The van der Waals surface area contributed by atoms with Crippen LogP contribution in [0.25, 0.3) is 0 Å². The lowest BCUT2D eigenvalue weighted by molar-refractivity contribution is -0.115. The first-order chi connectivity index (χ1) is 11.9. The average molecular weight is 382 g/mol. The Balaban J connectivity index is 1.64. The van der Waals surface area contributed by atoms with E-state index in [9.17, 15) is 17.6 Å². The summed E-state index contributed by atoms with van der Waals surface area (Å²) in [5, 5.41) is 2.67. The number of carbonyl (C=O) groups is 1. The number of amides is 1. The third-order valence-electron chi connectivity index (χ3n) is 4.01. The summed E-state index contributed by atoms with van der Waals surface area (Å²) in [6.07, 6.45) is 2.91. The van der Waals surface area contributed by atoms with Crippen LogP contribution in [0.1, 0.15) is 24.1 Å². The Bertz CT molecular complexity index is 841. The van der Waals surface area contributed by atoms with E-state index < -0.39 is 10.0 Å². The van der Waals surface area contributed by atoms with E-state index in [1.165, 1.54) is 28.6 Å². The number of hydrogen-bond donors (Lipinski definition) is 1. The molecule has 8 heteroatoms. The molecule has 0 atom stereocenters. The molecule has 0 unspecified atom stereocenters. The Morgan fingerprint density at radius 2 is 1.76 bits per heavy atom. The maximum atomic E-state index is 12.9. The number of anilines is 1. The standard InChI is InChI=1S/C17H19FN2O3S2/c18-13-4-6-14(7-5-13)19-16(21)12-15-8-9-17(24-15)25(22,23)20-10-2-1-3-11-20/h4-9H,1-3,10-12H2,(H,19,21).